The van der Waals surface area contributed by atoms with E-state index in [1.165, 1.54) is 0 Å². The number of carbonyl (C=O) groups is 2. The van der Waals surface area contributed by atoms with Crippen LogP contribution in [0.4, 0.5) is 0 Å². The van der Waals surface area contributed by atoms with Gasteiger partial charge in [0, 0.05) is 22.9 Å². The first-order valence-corrected chi connectivity index (χ1v) is 7.03. The van der Waals surface area contributed by atoms with E-state index in [9.17, 15) is 9.59 Å². The van der Waals surface area contributed by atoms with E-state index >= 15 is 0 Å². The standard InChI is InChI=1S/C14H16BrNO3/c1-2-19-13(18)8-14(7-12(17)16-9-14)10-3-5-11(15)6-4-10/h3-6H,2,7-9H2,1H3,(H,16,17). The lowest BCUT2D eigenvalue weighted by Gasteiger charge is -2.26. The Morgan fingerprint density at radius 1 is 1.42 bits per heavy atom. The van der Waals surface area contributed by atoms with Crippen LogP contribution in [0.3, 0.4) is 0 Å². The lowest BCUT2D eigenvalue weighted by atomic mass is 9.77. The molecule has 1 amide bonds. The highest BCUT2D eigenvalue weighted by molar-refractivity contribution is 9.10. The van der Waals surface area contributed by atoms with E-state index in [4.69, 9.17) is 4.74 Å². The van der Waals surface area contributed by atoms with E-state index in [-0.39, 0.29) is 18.3 Å². The zero-order valence-electron chi connectivity index (χ0n) is 10.7. The van der Waals surface area contributed by atoms with Crippen LogP contribution in [0.1, 0.15) is 25.3 Å². The van der Waals surface area contributed by atoms with Crippen molar-refractivity contribution in [1.29, 1.82) is 0 Å². The molecule has 2 rings (SSSR count). The molecular weight excluding hydrogens is 310 g/mol. The molecule has 5 heteroatoms. The second-order valence-corrected chi connectivity index (χ2v) is 5.64. The topological polar surface area (TPSA) is 55.4 Å². The Morgan fingerprint density at radius 2 is 2.11 bits per heavy atom. The Balaban J connectivity index is 2.27. The Kier molecular flexibility index (Phi) is 4.24. The molecule has 0 radical (unpaired) electrons. The van der Waals surface area contributed by atoms with Crippen molar-refractivity contribution in [3.63, 3.8) is 0 Å². The van der Waals surface area contributed by atoms with Crippen LogP contribution in [0, 0.1) is 0 Å². The summed E-state index contributed by atoms with van der Waals surface area (Å²) in [5.41, 5.74) is 0.506. The minimum absolute atomic E-state index is 0.0211. The minimum atomic E-state index is -0.482. The SMILES string of the molecule is CCOC(=O)CC1(c2ccc(Br)cc2)CNC(=O)C1. The highest BCUT2D eigenvalue weighted by Gasteiger charge is 2.42. The second-order valence-electron chi connectivity index (χ2n) is 4.72. The lowest BCUT2D eigenvalue weighted by molar-refractivity contribution is -0.144. The summed E-state index contributed by atoms with van der Waals surface area (Å²) in [6.07, 6.45) is 0.550. The van der Waals surface area contributed by atoms with Crippen molar-refractivity contribution in [1.82, 2.24) is 5.32 Å². The Morgan fingerprint density at radius 3 is 2.63 bits per heavy atom. The first-order valence-electron chi connectivity index (χ1n) is 6.24. The van der Waals surface area contributed by atoms with Gasteiger partial charge in [-0.2, -0.15) is 0 Å². The van der Waals surface area contributed by atoms with Crippen molar-refractivity contribution < 1.29 is 14.3 Å². The van der Waals surface area contributed by atoms with Gasteiger partial charge in [0.05, 0.1) is 13.0 Å². The number of hydrogen-bond donors (Lipinski definition) is 1. The summed E-state index contributed by atoms with van der Waals surface area (Å²) >= 11 is 3.39. The van der Waals surface area contributed by atoms with Gasteiger partial charge in [-0.25, -0.2) is 0 Å². The number of nitrogens with one attached hydrogen (secondary N) is 1. The Hall–Kier alpha value is -1.36. The van der Waals surface area contributed by atoms with Crippen molar-refractivity contribution in [2.45, 2.75) is 25.2 Å². The van der Waals surface area contributed by atoms with Gasteiger partial charge in [0.15, 0.2) is 0 Å². The largest absolute Gasteiger partial charge is 0.466 e. The summed E-state index contributed by atoms with van der Waals surface area (Å²) in [6.45, 7) is 2.62. The van der Waals surface area contributed by atoms with E-state index in [1.807, 2.05) is 24.3 Å². The Labute approximate surface area is 120 Å². The van der Waals surface area contributed by atoms with Crippen LogP contribution in [-0.4, -0.2) is 25.0 Å². The number of benzene rings is 1. The molecule has 1 heterocycles. The lowest BCUT2D eigenvalue weighted by Crippen LogP contribution is -2.32. The van der Waals surface area contributed by atoms with Crippen LogP contribution in [0.15, 0.2) is 28.7 Å². The van der Waals surface area contributed by atoms with E-state index in [0.717, 1.165) is 10.0 Å². The van der Waals surface area contributed by atoms with Crippen LogP contribution in [0.2, 0.25) is 0 Å². The van der Waals surface area contributed by atoms with Crippen molar-refractivity contribution in [2.24, 2.45) is 0 Å². The van der Waals surface area contributed by atoms with Gasteiger partial charge in [0.2, 0.25) is 5.91 Å². The van der Waals surface area contributed by atoms with Crippen molar-refractivity contribution >= 4 is 27.8 Å². The minimum Gasteiger partial charge on any atom is -0.466 e. The molecule has 1 saturated heterocycles. The molecule has 1 aliphatic rings. The van der Waals surface area contributed by atoms with E-state index in [2.05, 4.69) is 21.2 Å². The molecule has 1 N–H and O–H groups in total. The fraction of sp³-hybridized carbons (Fsp3) is 0.429. The molecule has 0 aromatic heterocycles. The molecule has 1 aliphatic heterocycles. The summed E-state index contributed by atoms with van der Waals surface area (Å²) in [5, 5.41) is 2.81. The van der Waals surface area contributed by atoms with Crippen LogP contribution in [-0.2, 0) is 19.7 Å². The molecular formula is C14H16BrNO3. The molecule has 1 unspecified atom stereocenters. The predicted octanol–water partition coefficient (Wildman–Crippen LogP) is 2.16. The highest BCUT2D eigenvalue weighted by Crippen LogP contribution is 2.35. The number of ether oxygens (including phenoxy) is 1. The quantitative estimate of drug-likeness (QED) is 0.863. The third-order valence-corrected chi connectivity index (χ3v) is 3.90. The molecule has 1 atom stereocenters. The van der Waals surface area contributed by atoms with Crippen LogP contribution >= 0.6 is 15.9 Å². The van der Waals surface area contributed by atoms with E-state index < -0.39 is 5.41 Å². The fourth-order valence-corrected chi connectivity index (χ4v) is 2.69. The maximum absolute atomic E-state index is 11.8. The van der Waals surface area contributed by atoms with Gasteiger partial charge in [-0.15, -0.1) is 0 Å². The second kappa shape index (κ2) is 5.74. The number of esters is 1. The van der Waals surface area contributed by atoms with E-state index in [1.54, 1.807) is 6.92 Å². The van der Waals surface area contributed by atoms with Crippen LogP contribution < -0.4 is 5.32 Å². The third-order valence-electron chi connectivity index (χ3n) is 3.37. The van der Waals surface area contributed by atoms with Gasteiger partial charge < -0.3 is 10.1 Å². The molecule has 4 nitrogen and oxygen atoms in total. The van der Waals surface area contributed by atoms with Gasteiger partial charge in [0.25, 0.3) is 0 Å². The van der Waals surface area contributed by atoms with Gasteiger partial charge in [0.1, 0.15) is 0 Å². The monoisotopic (exact) mass is 325 g/mol. The van der Waals surface area contributed by atoms with E-state index in [0.29, 0.717) is 19.6 Å². The molecule has 0 spiro atoms. The van der Waals surface area contributed by atoms with Crippen molar-refractivity contribution in [2.75, 3.05) is 13.2 Å². The summed E-state index contributed by atoms with van der Waals surface area (Å²) in [5.74, 6) is -0.283. The number of carbonyl (C=O) groups excluding carboxylic acids is 2. The number of halogens is 1. The number of rotatable bonds is 4. The first-order chi connectivity index (χ1) is 9.05. The normalized spacial score (nSPS) is 22.1. The smallest absolute Gasteiger partial charge is 0.306 e. The molecule has 1 aromatic rings. The maximum atomic E-state index is 11.8. The average molecular weight is 326 g/mol. The summed E-state index contributed by atoms with van der Waals surface area (Å²) in [4.78, 5) is 23.3. The molecule has 19 heavy (non-hydrogen) atoms. The van der Waals surface area contributed by atoms with Gasteiger partial charge in [-0.1, -0.05) is 28.1 Å². The summed E-state index contributed by atoms with van der Waals surface area (Å²) in [7, 11) is 0. The van der Waals surface area contributed by atoms with Crippen LogP contribution in [0.5, 0.6) is 0 Å². The average Bonchev–Trinajstić information content (AvgIpc) is 2.73. The molecule has 0 saturated carbocycles. The first kappa shape index (κ1) is 14.1. The zero-order valence-corrected chi connectivity index (χ0v) is 12.3. The molecule has 1 fully saturated rings. The predicted molar refractivity (Wildman–Crippen MR) is 74.7 cm³/mol. The number of amides is 1. The molecule has 1 aromatic carbocycles. The number of hydrogen-bond acceptors (Lipinski definition) is 3. The molecule has 0 aliphatic carbocycles. The third kappa shape index (κ3) is 3.15. The molecule has 0 bridgehead atoms. The van der Waals surface area contributed by atoms with Gasteiger partial charge in [-0.05, 0) is 24.6 Å². The summed E-state index contributed by atoms with van der Waals surface area (Å²) < 4.78 is 5.99. The maximum Gasteiger partial charge on any atom is 0.306 e. The Bertz CT molecular complexity index is 486. The zero-order chi connectivity index (χ0) is 13.9. The molecule has 102 valence electrons. The van der Waals surface area contributed by atoms with Crippen LogP contribution in [0.25, 0.3) is 0 Å². The fourth-order valence-electron chi connectivity index (χ4n) is 2.42. The van der Waals surface area contributed by atoms with Crippen molar-refractivity contribution in [3.05, 3.63) is 34.3 Å². The van der Waals surface area contributed by atoms with Gasteiger partial charge in [-0.3, -0.25) is 9.59 Å². The van der Waals surface area contributed by atoms with Gasteiger partial charge >= 0.3 is 5.97 Å². The highest BCUT2D eigenvalue weighted by atomic mass is 79.9. The summed E-state index contributed by atoms with van der Waals surface area (Å²) in [6, 6.07) is 7.74. The van der Waals surface area contributed by atoms with Crippen molar-refractivity contribution in [3.8, 4) is 0 Å².